The van der Waals surface area contributed by atoms with Crippen LogP contribution in [0.3, 0.4) is 0 Å². The number of hydrogen-bond donors (Lipinski definition) is 2. The van der Waals surface area contributed by atoms with E-state index in [-0.39, 0.29) is 5.17 Å². The van der Waals surface area contributed by atoms with Crippen LogP contribution in [0.25, 0.3) is 0 Å². The lowest BCUT2D eigenvalue weighted by molar-refractivity contribution is -0.110. The number of hydrogen-bond acceptors (Lipinski definition) is 4. The van der Waals surface area contributed by atoms with Crippen LogP contribution in [0.4, 0.5) is 0 Å². The molecule has 0 amide bonds. The summed E-state index contributed by atoms with van der Waals surface area (Å²) in [6, 6.07) is 0. The lowest BCUT2D eigenvalue weighted by atomic mass is 10.9. The number of nitrogens with two attached hydrogens (primary N) is 2. The summed E-state index contributed by atoms with van der Waals surface area (Å²) in [4.78, 5) is 0. The van der Waals surface area contributed by atoms with Crippen molar-refractivity contribution in [2.24, 2.45) is 5.73 Å². The molecule has 84 valence electrons. The van der Waals surface area contributed by atoms with E-state index in [4.69, 9.17) is 20.2 Å². The highest BCUT2D eigenvalue weighted by Gasteiger charge is 2.23. The van der Waals surface area contributed by atoms with Crippen molar-refractivity contribution < 1.29 is 19.0 Å². The Kier molecular flexibility index (Phi) is 7.27. The van der Waals surface area contributed by atoms with Gasteiger partial charge in [-0.2, -0.15) is 0 Å². The van der Waals surface area contributed by atoms with E-state index in [2.05, 4.69) is 0 Å². The van der Waals surface area contributed by atoms with Crippen molar-refractivity contribution in [1.29, 1.82) is 0 Å². The molecule has 0 saturated carbocycles. The zero-order chi connectivity index (χ0) is 11.0. The molecular weight excluding hydrogens is 223 g/mol. The van der Waals surface area contributed by atoms with Crippen molar-refractivity contribution in [3.8, 4) is 0 Å². The number of thioether (sulfide) groups is 1. The van der Waals surface area contributed by atoms with Gasteiger partial charge in [0, 0.05) is 5.75 Å². The Hall–Kier alpha value is -0.0300. The molecule has 0 spiro atoms. The van der Waals surface area contributed by atoms with Gasteiger partial charge in [0.1, 0.15) is 0 Å². The fourth-order valence-corrected chi connectivity index (χ4v) is 3.45. The first-order valence-electron chi connectivity index (χ1n) is 4.43. The third-order valence-electron chi connectivity index (χ3n) is 1.29. The van der Waals surface area contributed by atoms with Gasteiger partial charge in [-0.3, -0.25) is 15.7 Å². The van der Waals surface area contributed by atoms with Gasteiger partial charge in [-0.15, -0.1) is 0 Å². The van der Waals surface area contributed by atoms with Gasteiger partial charge < -0.3 is 9.05 Å². The molecule has 0 atom stereocenters. The number of rotatable bonds is 7. The second-order valence-corrected chi connectivity index (χ2v) is 5.77. The van der Waals surface area contributed by atoms with Crippen molar-refractivity contribution in [1.82, 2.24) is 0 Å². The number of amidine groups is 1. The molecule has 0 aliphatic rings. The largest absolute Gasteiger partial charge is 0.331 e. The van der Waals surface area contributed by atoms with Gasteiger partial charge in [0.2, 0.25) is 0 Å². The molecule has 0 aromatic heterocycles. The predicted octanol–water partition coefficient (Wildman–Crippen LogP) is 0.0595. The summed E-state index contributed by atoms with van der Waals surface area (Å²) >= 11 is 1.25. The van der Waals surface area contributed by atoms with Gasteiger partial charge in [0.25, 0.3) is 5.17 Å². The molecule has 0 aromatic rings. The van der Waals surface area contributed by atoms with Crippen molar-refractivity contribution in [2.75, 3.05) is 25.1 Å². The molecule has 0 fully saturated rings. The molecule has 14 heavy (non-hydrogen) atoms. The average molecular weight is 241 g/mol. The average Bonchev–Trinajstić information content (AvgIpc) is 2.03. The van der Waals surface area contributed by atoms with Crippen LogP contribution in [0.5, 0.6) is 0 Å². The monoisotopic (exact) mass is 241 g/mol. The van der Waals surface area contributed by atoms with Gasteiger partial charge in [-0.05, 0) is 25.6 Å². The normalized spacial score (nSPS) is 11.6. The summed E-state index contributed by atoms with van der Waals surface area (Å²) in [7, 11) is -2.92. The van der Waals surface area contributed by atoms with E-state index in [0.717, 1.165) is 0 Å². The lowest BCUT2D eigenvalue weighted by Gasteiger charge is -2.15. The predicted molar refractivity (Wildman–Crippen MR) is 59.3 cm³/mol. The van der Waals surface area contributed by atoms with Crippen LogP contribution < -0.4 is 11.1 Å². The topological polar surface area (TPSA) is 87.1 Å². The van der Waals surface area contributed by atoms with Crippen LogP contribution in [-0.4, -0.2) is 30.3 Å². The summed E-state index contributed by atoms with van der Waals surface area (Å²) in [6.07, 6.45) is 0.331. The van der Waals surface area contributed by atoms with Crippen molar-refractivity contribution in [2.45, 2.75) is 13.8 Å². The van der Waals surface area contributed by atoms with Gasteiger partial charge >= 0.3 is 7.60 Å². The van der Waals surface area contributed by atoms with E-state index in [0.29, 0.717) is 25.1 Å². The second-order valence-electron chi connectivity index (χ2n) is 2.42. The first kappa shape index (κ1) is 14.0. The molecule has 0 rings (SSSR count). The Morgan fingerprint density at radius 2 is 1.93 bits per heavy atom. The Morgan fingerprint density at radius 3 is 2.29 bits per heavy atom. The molecule has 0 aliphatic carbocycles. The van der Waals surface area contributed by atoms with E-state index in [1.165, 1.54) is 11.8 Å². The highest BCUT2D eigenvalue weighted by molar-refractivity contribution is 8.13. The van der Waals surface area contributed by atoms with Crippen LogP contribution in [0, 0.1) is 0 Å². The minimum Gasteiger partial charge on any atom is -0.309 e. The molecule has 0 unspecified atom stereocenters. The minimum atomic E-state index is -2.92. The maximum absolute atomic E-state index is 11.8. The SMILES string of the molecule is CCOP(=O)(CCSC(N)=[NH2+])OCC. The first-order chi connectivity index (χ1) is 6.54. The molecule has 7 heteroatoms. The Balaban J connectivity index is 3.96. The van der Waals surface area contributed by atoms with Crippen molar-refractivity contribution in [3.05, 3.63) is 0 Å². The lowest BCUT2D eigenvalue weighted by Crippen LogP contribution is -2.43. The second kappa shape index (κ2) is 7.29. The Morgan fingerprint density at radius 1 is 1.43 bits per heavy atom. The van der Waals surface area contributed by atoms with Gasteiger partial charge in [0.15, 0.2) is 0 Å². The molecule has 0 radical (unpaired) electrons. The summed E-state index contributed by atoms with van der Waals surface area (Å²) in [6.45, 7) is 4.32. The van der Waals surface area contributed by atoms with Crippen LogP contribution >= 0.6 is 19.4 Å². The third-order valence-corrected chi connectivity index (χ3v) is 4.40. The summed E-state index contributed by atoms with van der Waals surface area (Å²) in [5.74, 6) is 0.541. The fourth-order valence-electron chi connectivity index (χ4n) is 0.835. The Bertz CT molecular complexity index is 215. The van der Waals surface area contributed by atoms with Gasteiger partial charge in [-0.25, -0.2) is 0 Å². The standard InChI is InChI=1S/C7H17N2O3PS/c1-3-11-13(10,12-4-2)5-6-14-7(8)9/h3-6H2,1-2H3,(H3,8,9)/p+1. The molecule has 0 heterocycles. The van der Waals surface area contributed by atoms with E-state index in [9.17, 15) is 4.57 Å². The van der Waals surface area contributed by atoms with Gasteiger partial charge in [0.05, 0.1) is 19.4 Å². The zero-order valence-electron chi connectivity index (χ0n) is 8.56. The molecule has 0 aromatic carbocycles. The molecule has 0 bridgehead atoms. The highest BCUT2D eigenvalue weighted by Crippen LogP contribution is 2.48. The third kappa shape index (κ3) is 6.43. The van der Waals surface area contributed by atoms with Crippen molar-refractivity contribution >= 4 is 24.5 Å². The van der Waals surface area contributed by atoms with Crippen LogP contribution in [-0.2, 0) is 13.6 Å². The highest BCUT2D eigenvalue weighted by atomic mass is 32.2. The molecular formula is C7H18N2O3PS+. The zero-order valence-corrected chi connectivity index (χ0v) is 10.3. The summed E-state index contributed by atoms with van der Waals surface area (Å²) in [5.41, 5.74) is 5.26. The summed E-state index contributed by atoms with van der Waals surface area (Å²) in [5, 5.41) is 5.52. The molecule has 4 N–H and O–H groups in total. The maximum Gasteiger partial charge on any atom is 0.331 e. The first-order valence-corrected chi connectivity index (χ1v) is 7.14. The van der Waals surface area contributed by atoms with E-state index in [1.54, 1.807) is 13.8 Å². The van der Waals surface area contributed by atoms with Crippen LogP contribution in [0.15, 0.2) is 0 Å². The Labute approximate surface area is 88.8 Å². The fraction of sp³-hybridized carbons (Fsp3) is 0.857. The molecule has 5 nitrogen and oxygen atoms in total. The van der Waals surface area contributed by atoms with Gasteiger partial charge in [-0.1, -0.05) is 0 Å². The quantitative estimate of drug-likeness (QED) is 0.374. The summed E-state index contributed by atoms with van der Waals surface area (Å²) < 4.78 is 22.0. The molecule has 0 saturated heterocycles. The minimum absolute atomic E-state index is 0.268. The van der Waals surface area contributed by atoms with E-state index in [1.807, 2.05) is 0 Å². The van der Waals surface area contributed by atoms with Crippen molar-refractivity contribution in [3.63, 3.8) is 0 Å². The van der Waals surface area contributed by atoms with E-state index < -0.39 is 7.60 Å². The van der Waals surface area contributed by atoms with Crippen LogP contribution in [0.1, 0.15) is 13.8 Å². The van der Waals surface area contributed by atoms with Crippen LogP contribution in [0.2, 0.25) is 0 Å². The smallest absolute Gasteiger partial charge is 0.309 e. The van der Waals surface area contributed by atoms with E-state index >= 15 is 0 Å². The molecule has 0 aliphatic heterocycles. The maximum atomic E-state index is 11.8.